The van der Waals surface area contributed by atoms with Crippen LogP contribution in [0.25, 0.3) is 0 Å². The maximum Gasteiger partial charge on any atom is 0.251 e. The quantitative estimate of drug-likeness (QED) is 0.706. The van der Waals surface area contributed by atoms with Gasteiger partial charge in [-0.3, -0.25) is 4.79 Å². The molecule has 0 unspecified atom stereocenters. The minimum Gasteiger partial charge on any atom is -0.378 e. The lowest BCUT2D eigenvalue weighted by Gasteiger charge is -2.17. The topological polar surface area (TPSA) is 41.6 Å². The largest absolute Gasteiger partial charge is 0.378 e. The van der Waals surface area contributed by atoms with Gasteiger partial charge in [0.2, 0.25) is 0 Å². The van der Waals surface area contributed by atoms with Gasteiger partial charge in [-0.05, 0) is 31.3 Å². The highest BCUT2D eigenvalue weighted by Crippen LogP contribution is 2.22. The molecule has 21 heavy (non-hydrogen) atoms. The van der Waals surface area contributed by atoms with Crippen LogP contribution in [0, 0.1) is 0 Å². The molecule has 0 aliphatic carbocycles. The van der Waals surface area contributed by atoms with Crippen molar-refractivity contribution in [3.05, 3.63) is 33.8 Å². The molecular weight excluding hydrogens is 311 g/mol. The van der Waals surface area contributed by atoms with Crippen LogP contribution in [0.3, 0.4) is 0 Å². The second-order valence-corrected chi connectivity index (χ2v) is 5.34. The molecule has 0 aliphatic heterocycles. The number of benzene rings is 1. The SMILES string of the molecule is CCN(CC)CCOCCNC(=O)c1ccc(Cl)c(Cl)c1. The lowest BCUT2D eigenvalue weighted by atomic mass is 10.2. The fraction of sp³-hybridized carbons (Fsp3) is 0.533. The monoisotopic (exact) mass is 332 g/mol. The molecule has 0 radical (unpaired) electrons. The zero-order valence-corrected chi connectivity index (χ0v) is 14.0. The number of hydrogen-bond donors (Lipinski definition) is 1. The molecule has 1 aromatic rings. The van der Waals surface area contributed by atoms with E-state index in [9.17, 15) is 4.79 Å². The van der Waals surface area contributed by atoms with Crippen LogP contribution < -0.4 is 5.32 Å². The number of amides is 1. The predicted octanol–water partition coefficient (Wildman–Crippen LogP) is 3.08. The summed E-state index contributed by atoms with van der Waals surface area (Å²) in [5.41, 5.74) is 0.493. The van der Waals surface area contributed by atoms with Gasteiger partial charge in [-0.15, -0.1) is 0 Å². The van der Waals surface area contributed by atoms with Gasteiger partial charge in [-0.1, -0.05) is 37.0 Å². The smallest absolute Gasteiger partial charge is 0.251 e. The van der Waals surface area contributed by atoms with Crippen LogP contribution in [0.1, 0.15) is 24.2 Å². The van der Waals surface area contributed by atoms with Crippen molar-refractivity contribution in [2.24, 2.45) is 0 Å². The van der Waals surface area contributed by atoms with Gasteiger partial charge >= 0.3 is 0 Å². The van der Waals surface area contributed by atoms with E-state index in [0.717, 1.165) is 19.6 Å². The molecule has 0 aromatic heterocycles. The van der Waals surface area contributed by atoms with Gasteiger partial charge in [0, 0.05) is 18.7 Å². The van der Waals surface area contributed by atoms with Crippen molar-refractivity contribution in [1.29, 1.82) is 0 Å². The van der Waals surface area contributed by atoms with Gasteiger partial charge in [0.05, 0.1) is 23.3 Å². The van der Waals surface area contributed by atoms with E-state index in [-0.39, 0.29) is 5.91 Å². The first kappa shape index (κ1) is 18.2. The summed E-state index contributed by atoms with van der Waals surface area (Å²) in [6, 6.07) is 4.81. The maximum absolute atomic E-state index is 11.9. The van der Waals surface area contributed by atoms with E-state index in [4.69, 9.17) is 27.9 Å². The number of likely N-dealkylation sites (N-methyl/N-ethyl adjacent to an activating group) is 1. The molecule has 0 saturated heterocycles. The average Bonchev–Trinajstić information content (AvgIpc) is 2.49. The van der Waals surface area contributed by atoms with Crippen LogP contribution in [0.15, 0.2) is 18.2 Å². The zero-order valence-electron chi connectivity index (χ0n) is 12.5. The third kappa shape index (κ3) is 6.66. The van der Waals surface area contributed by atoms with Crippen molar-refractivity contribution in [3.63, 3.8) is 0 Å². The van der Waals surface area contributed by atoms with Crippen molar-refractivity contribution in [3.8, 4) is 0 Å². The van der Waals surface area contributed by atoms with Gasteiger partial charge in [-0.25, -0.2) is 0 Å². The van der Waals surface area contributed by atoms with Crippen LogP contribution in [0.4, 0.5) is 0 Å². The molecule has 0 heterocycles. The third-order valence-electron chi connectivity index (χ3n) is 3.16. The van der Waals surface area contributed by atoms with Crippen molar-refractivity contribution in [2.45, 2.75) is 13.8 Å². The Hall–Kier alpha value is -0.810. The first-order chi connectivity index (χ1) is 10.1. The zero-order chi connectivity index (χ0) is 15.7. The minimum atomic E-state index is -0.180. The summed E-state index contributed by atoms with van der Waals surface area (Å²) in [6.45, 7) is 8.84. The number of ether oxygens (including phenoxy) is 1. The van der Waals surface area contributed by atoms with E-state index < -0.39 is 0 Å². The normalized spacial score (nSPS) is 10.9. The molecule has 0 aliphatic rings. The molecule has 0 spiro atoms. The average molecular weight is 333 g/mol. The van der Waals surface area contributed by atoms with Gasteiger partial charge in [0.25, 0.3) is 5.91 Å². The van der Waals surface area contributed by atoms with Crippen molar-refractivity contribution < 1.29 is 9.53 Å². The van der Waals surface area contributed by atoms with Gasteiger partial charge in [0.15, 0.2) is 0 Å². The second kappa shape index (κ2) is 10.0. The Labute approximate surface area is 136 Å². The second-order valence-electron chi connectivity index (χ2n) is 4.52. The Morgan fingerprint density at radius 3 is 2.52 bits per heavy atom. The molecule has 6 heteroatoms. The van der Waals surface area contributed by atoms with Gasteiger partial charge < -0.3 is 15.0 Å². The first-order valence-corrected chi connectivity index (χ1v) is 7.87. The Morgan fingerprint density at radius 1 is 1.19 bits per heavy atom. The number of halogens is 2. The highest BCUT2D eigenvalue weighted by Gasteiger charge is 2.07. The summed E-state index contributed by atoms with van der Waals surface area (Å²) in [5, 5.41) is 3.60. The molecule has 0 bridgehead atoms. The summed E-state index contributed by atoms with van der Waals surface area (Å²) in [7, 11) is 0. The Morgan fingerprint density at radius 2 is 1.90 bits per heavy atom. The van der Waals surface area contributed by atoms with E-state index in [0.29, 0.717) is 35.4 Å². The number of carbonyl (C=O) groups excluding carboxylic acids is 1. The molecule has 1 N–H and O–H groups in total. The fourth-order valence-electron chi connectivity index (χ4n) is 1.81. The Bertz CT molecular complexity index is 451. The summed E-state index contributed by atoms with van der Waals surface area (Å²) in [5.74, 6) is -0.180. The fourth-order valence-corrected chi connectivity index (χ4v) is 2.11. The summed E-state index contributed by atoms with van der Waals surface area (Å²) < 4.78 is 5.49. The van der Waals surface area contributed by atoms with Crippen LogP contribution >= 0.6 is 23.2 Å². The molecule has 118 valence electrons. The number of carbonyl (C=O) groups is 1. The Kier molecular flexibility index (Phi) is 8.69. The molecule has 0 atom stereocenters. The van der Waals surface area contributed by atoms with E-state index in [1.165, 1.54) is 0 Å². The van der Waals surface area contributed by atoms with E-state index in [1.54, 1.807) is 18.2 Å². The van der Waals surface area contributed by atoms with E-state index in [2.05, 4.69) is 24.1 Å². The van der Waals surface area contributed by atoms with Crippen molar-refractivity contribution in [1.82, 2.24) is 10.2 Å². The molecule has 1 amide bonds. The van der Waals surface area contributed by atoms with Crippen molar-refractivity contribution in [2.75, 3.05) is 39.4 Å². The highest BCUT2D eigenvalue weighted by molar-refractivity contribution is 6.42. The van der Waals surface area contributed by atoms with Crippen molar-refractivity contribution >= 4 is 29.1 Å². The van der Waals surface area contributed by atoms with Gasteiger partial charge in [-0.2, -0.15) is 0 Å². The van der Waals surface area contributed by atoms with E-state index >= 15 is 0 Å². The maximum atomic E-state index is 11.9. The lowest BCUT2D eigenvalue weighted by molar-refractivity contribution is 0.0884. The number of hydrogen-bond acceptors (Lipinski definition) is 3. The van der Waals surface area contributed by atoms with Crippen LogP contribution in [0.5, 0.6) is 0 Å². The number of nitrogens with zero attached hydrogens (tertiary/aromatic N) is 1. The standard InChI is InChI=1S/C15H22Cl2N2O2/c1-3-19(4-2)8-10-21-9-7-18-15(20)12-5-6-13(16)14(17)11-12/h5-6,11H,3-4,7-10H2,1-2H3,(H,18,20). The molecule has 1 aromatic carbocycles. The van der Waals surface area contributed by atoms with Gasteiger partial charge in [0.1, 0.15) is 0 Å². The minimum absolute atomic E-state index is 0.180. The van der Waals surface area contributed by atoms with Crippen LogP contribution in [-0.2, 0) is 4.74 Å². The predicted molar refractivity (Wildman–Crippen MR) is 87.4 cm³/mol. The molecule has 4 nitrogen and oxygen atoms in total. The molecule has 0 saturated carbocycles. The lowest BCUT2D eigenvalue weighted by Crippen LogP contribution is -2.30. The summed E-state index contributed by atoms with van der Waals surface area (Å²) in [6.07, 6.45) is 0. The number of nitrogens with one attached hydrogen (secondary N) is 1. The van der Waals surface area contributed by atoms with Crippen LogP contribution in [-0.4, -0.2) is 50.2 Å². The molecular formula is C15H22Cl2N2O2. The van der Waals surface area contributed by atoms with E-state index in [1.807, 2.05) is 0 Å². The molecule has 0 fully saturated rings. The Balaban J connectivity index is 2.20. The third-order valence-corrected chi connectivity index (χ3v) is 3.90. The highest BCUT2D eigenvalue weighted by atomic mass is 35.5. The number of rotatable bonds is 9. The van der Waals surface area contributed by atoms with Crippen LogP contribution in [0.2, 0.25) is 10.0 Å². The first-order valence-electron chi connectivity index (χ1n) is 7.11. The summed E-state index contributed by atoms with van der Waals surface area (Å²) in [4.78, 5) is 14.2. The summed E-state index contributed by atoms with van der Waals surface area (Å²) >= 11 is 11.7. The molecule has 1 rings (SSSR count).